The van der Waals surface area contributed by atoms with E-state index >= 15 is 0 Å². The number of ether oxygens (including phenoxy) is 1. The van der Waals surface area contributed by atoms with E-state index in [4.69, 9.17) is 21.4 Å². The lowest BCUT2D eigenvalue weighted by Crippen LogP contribution is -2.34. The molecule has 114 valence electrons. The molecule has 1 aliphatic rings. The van der Waals surface area contributed by atoms with Crippen LogP contribution in [-0.2, 0) is 9.59 Å². The zero-order chi connectivity index (χ0) is 15.4. The Morgan fingerprint density at radius 3 is 2.95 bits per heavy atom. The maximum atomic E-state index is 12.1. The van der Waals surface area contributed by atoms with Gasteiger partial charge in [-0.3, -0.25) is 9.59 Å². The number of methoxy groups -OCH3 is 1. The van der Waals surface area contributed by atoms with E-state index in [0.29, 0.717) is 23.0 Å². The summed E-state index contributed by atoms with van der Waals surface area (Å²) in [7, 11) is 1.52. The number of aliphatic hydroxyl groups is 1. The van der Waals surface area contributed by atoms with Crippen molar-refractivity contribution in [2.45, 2.75) is 6.42 Å². The average Bonchev–Trinajstić information content (AvgIpc) is 2.86. The van der Waals surface area contributed by atoms with E-state index in [0.717, 1.165) is 0 Å². The van der Waals surface area contributed by atoms with Crippen LogP contribution in [0.2, 0.25) is 5.02 Å². The molecule has 0 spiro atoms. The highest BCUT2D eigenvalue weighted by Crippen LogP contribution is 2.32. The molecule has 21 heavy (non-hydrogen) atoms. The molecule has 7 heteroatoms. The lowest BCUT2D eigenvalue weighted by molar-refractivity contribution is -0.126. The molecular formula is C14H17ClN2O4. The van der Waals surface area contributed by atoms with Gasteiger partial charge in [0, 0.05) is 25.2 Å². The molecule has 0 saturated carbocycles. The molecule has 0 radical (unpaired) electrons. The first-order valence-corrected chi connectivity index (χ1v) is 6.97. The summed E-state index contributed by atoms with van der Waals surface area (Å²) in [6.45, 7) is 0.376. The Morgan fingerprint density at radius 1 is 1.57 bits per heavy atom. The van der Waals surface area contributed by atoms with Gasteiger partial charge in [0.15, 0.2) is 0 Å². The summed E-state index contributed by atoms with van der Waals surface area (Å²) in [5.41, 5.74) is 0.642. The van der Waals surface area contributed by atoms with Gasteiger partial charge in [-0.05, 0) is 18.2 Å². The molecule has 2 rings (SSSR count). The number of nitrogens with one attached hydrogen (secondary N) is 1. The normalized spacial score (nSPS) is 18.0. The molecule has 6 nitrogen and oxygen atoms in total. The van der Waals surface area contributed by atoms with Crippen molar-refractivity contribution >= 4 is 29.1 Å². The van der Waals surface area contributed by atoms with Crippen LogP contribution in [0.5, 0.6) is 5.75 Å². The number of rotatable bonds is 5. The van der Waals surface area contributed by atoms with E-state index in [9.17, 15) is 9.59 Å². The number of hydrogen-bond donors (Lipinski definition) is 2. The summed E-state index contributed by atoms with van der Waals surface area (Å²) in [6.07, 6.45) is 0.154. The van der Waals surface area contributed by atoms with Crippen molar-refractivity contribution in [1.82, 2.24) is 5.32 Å². The molecule has 1 aromatic carbocycles. The minimum atomic E-state index is -0.412. The maximum Gasteiger partial charge on any atom is 0.227 e. The number of anilines is 1. The molecule has 0 bridgehead atoms. The van der Waals surface area contributed by atoms with Gasteiger partial charge in [0.2, 0.25) is 11.8 Å². The number of aliphatic hydroxyl groups excluding tert-OH is 1. The number of hydrogen-bond acceptors (Lipinski definition) is 4. The zero-order valence-electron chi connectivity index (χ0n) is 11.6. The number of benzene rings is 1. The average molecular weight is 313 g/mol. The summed E-state index contributed by atoms with van der Waals surface area (Å²) >= 11 is 6.05. The van der Waals surface area contributed by atoms with E-state index in [-0.39, 0.29) is 31.4 Å². The summed E-state index contributed by atoms with van der Waals surface area (Å²) in [6, 6.07) is 5.06. The predicted molar refractivity (Wildman–Crippen MR) is 78.6 cm³/mol. The second kappa shape index (κ2) is 6.78. The van der Waals surface area contributed by atoms with Gasteiger partial charge in [0.25, 0.3) is 0 Å². The van der Waals surface area contributed by atoms with Gasteiger partial charge in [-0.2, -0.15) is 0 Å². The third-order valence-electron chi connectivity index (χ3n) is 3.35. The summed E-state index contributed by atoms with van der Waals surface area (Å²) in [5.74, 6) is -0.228. The van der Waals surface area contributed by atoms with Crippen molar-refractivity contribution in [2.24, 2.45) is 5.92 Å². The number of nitrogens with zero attached hydrogens (tertiary/aromatic N) is 1. The fourth-order valence-electron chi connectivity index (χ4n) is 2.28. The fourth-order valence-corrected chi connectivity index (χ4v) is 2.53. The highest BCUT2D eigenvalue weighted by Gasteiger charge is 2.35. The first kappa shape index (κ1) is 15.6. The second-order valence-electron chi connectivity index (χ2n) is 4.74. The standard InChI is InChI=1S/C14H17ClN2O4/c1-21-12-3-2-10(7-11(12)15)17-8-9(6-13(17)19)14(20)16-4-5-18/h2-3,7,9,18H,4-6,8H2,1H3,(H,16,20)/t9-/m1/s1. The Hall–Kier alpha value is -1.79. The highest BCUT2D eigenvalue weighted by molar-refractivity contribution is 6.32. The molecule has 1 heterocycles. The Labute approximate surface area is 127 Å². The van der Waals surface area contributed by atoms with E-state index in [1.165, 1.54) is 12.0 Å². The molecule has 1 aromatic rings. The second-order valence-corrected chi connectivity index (χ2v) is 5.15. The number of carbonyl (C=O) groups is 2. The number of amides is 2. The predicted octanol–water partition coefficient (Wildman–Crippen LogP) is 0.810. The molecule has 0 aromatic heterocycles. The zero-order valence-corrected chi connectivity index (χ0v) is 12.4. The molecule has 1 atom stereocenters. The number of carbonyl (C=O) groups excluding carboxylic acids is 2. The summed E-state index contributed by atoms with van der Waals surface area (Å²) < 4.78 is 5.07. The SMILES string of the molecule is COc1ccc(N2C[C@H](C(=O)NCCO)CC2=O)cc1Cl. The van der Waals surface area contributed by atoms with Gasteiger partial charge in [0.05, 0.1) is 24.7 Å². The minimum Gasteiger partial charge on any atom is -0.495 e. The minimum absolute atomic E-state index is 0.121. The number of halogens is 1. The van der Waals surface area contributed by atoms with Crippen molar-refractivity contribution < 1.29 is 19.4 Å². The third kappa shape index (κ3) is 3.46. The summed E-state index contributed by atoms with van der Waals surface area (Å²) in [4.78, 5) is 25.4. The molecule has 1 aliphatic heterocycles. The van der Waals surface area contributed by atoms with Crippen LogP contribution in [0.4, 0.5) is 5.69 Å². The van der Waals surface area contributed by atoms with Crippen LogP contribution in [0, 0.1) is 5.92 Å². The van der Waals surface area contributed by atoms with Crippen molar-refractivity contribution in [3.8, 4) is 5.75 Å². The monoisotopic (exact) mass is 312 g/mol. The Morgan fingerprint density at radius 2 is 2.33 bits per heavy atom. The van der Waals surface area contributed by atoms with E-state index in [1.54, 1.807) is 18.2 Å². The quantitative estimate of drug-likeness (QED) is 0.843. The van der Waals surface area contributed by atoms with Crippen LogP contribution in [0.1, 0.15) is 6.42 Å². The van der Waals surface area contributed by atoms with Crippen molar-refractivity contribution in [2.75, 3.05) is 31.7 Å². The van der Waals surface area contributed by atoms with Crippen LogP contribution in [-0.4, -0.2) is 43.7 Å². The Balaban J connectivity index is 2.09. The third-order valence-corrected chi connectivity index (χ3v) is 3.65. The fraction of sp³-hybridized carbons (Fsp3) is 0.429. The van der Waals surface area contributed by atoms with Crippen molar-refractivity contribution in [3.63, 3.8) is 0 Å². The van der Waals surface area contributed by atoms with E-state index in [1.807, 2.05) is 0 Å². The molecule has 2 amide bonds. The maximum absolute atomic E-state index is 12.1. The molecule has 1 saturated heterocycles. The van der Waals surface area contributed by atoms with Crippen LogP contribution >= 0.6 is 11.6 Å². The first-order chi connectivity index (χ1) is 10.1. The molecule has 0 aliphatic carbocycles. The van der Waals surface area contributed by atoms with Gasteiger partial charge < -0.3 is 20.1 Å². The lowest BCUT2D eigenvalue weighted by atomic mass is 10.1. The first-order valence-electron chi connectivity index (χ1n) is 6.59. The smallest absolute Gasteiger partial charge is 0.227 e. The highest BCUT2D eigenvalue weighted by atomic mass is 35.5. The van der Waals surface area contributed by atoms with Gasteiger partial charge >= 0.3 is 0 Å². The molecule has 1 fully saturated rings. The van der Waals surface area contributed by atoms with Crippen molar-refractivity contribution in [3.05, 3.63) is 23.2 Å². The molecule has 2 N–H and O–H groups in total. The molecular weight excluding hydrogens is 296 g/mol. The van der Waals surface area contributed by atoms with E-state index in [2.05, 4.69) is 5.32 Å². The Kier molecular flexibility index (Phi) is 5.03. The van der Waals surface area contributed by atoms with Gasteiger partial charge in [-0.15, -0.1) is 0 Å². The van der Waals surface area contributed by atoms with Gasteiger partial charge in [-0.25, -0.2) is 0 Å². The van der Waals surface area contributed by atoms with Crippen LogP contribution < -0.4 is 15.0 Å². The van der Waals surface area contributed by atoms with Gasteiger partial charge in [0.1, 0.15) is 5.75 Å². The topological polar surface area (TPSA) is 78.9 Å². The van der Waals surface area contributed by atoms with Crippen LogP contribution in [0.25, 0.3) is 0 Å². The van der Waals surface area contributed by atoms with Gasteiger partial charge in [-0.1, -0.05) is 11.6 Å². The van der Waals surface area contributed by atoms with E-state index < -0.39 is 5.92 Å². The Bertz CT molecular complexity index is 550. The van der Waals surface area contributed by atoms with Crippen LogP contribution in [0.15, 0.2) is 18.2 Å². The molecule has 0 unspecified atom stereocenters. The largest absolute Gasteiger partial charge is 0.495 e. The summed E-state index contributed by atoms with van der Waals surface area (Å²) in [5, 5.41) is 11.7. The van der Waals surface area contributed by atoms with Crippen LogP contribution in [0.3, 0.4) is 0 Å². The lowest BCUT2D eigenvalue weighted by Gasteiger charge is -2.17. The van der Waals surface area contributed by atoms with Crippen molar-refractivity contribution in [1.29, 1.82) is 0 Å².